The largest absolute Gasteiger partial charge is 0.383 e. The zero-order valence-electron chi connectivity index (χ0n) is 8.26. The van der Waals surface area contributed by atoms with Crippen molar-refractivity contribution in [3.8, 4) is 0 Å². The van der Waals surface area contributed by atoms with Gasteiger partial charge in [-0.05, 0) is 28.8 Å². The number of nitrogens with two attached hydrogens (primary N) is 1. The Kier molecular flexibility index (Phi) is 2.47. The molecule has 1 saturated carbocycles. The van der Waals surface area contributed by atoms with Crippen LogP contribution in [0.2, 0.25) is 0 Å². The van der Waals surface area contributed by atoms with Crippen LogP contribution in [0.4, 0.5) is 5.82 Å². The average Bonchev–Trinajstić information content (AvgIpc) is 2.58. The number of hydrogen-bond donors (Lipinski definition) is 1. The van der Waals surface area contributed by atoms with Gasteiger partial charge in [-0.15, -0.1) is 0 Å². The molecule has 2 N–H and O–H groups in total. The third-order valence-corrected chi connectivity index (χ3v) is 3.63. The summed E-state index contributed by atoms with van der Waals surface area (Å²) in [6, 6.07) is 0. The van der Waals surface area contributed by atoms with Gasteiger partial charge in [0.25, 0.3) is 0 Å². The second kappa shape index (κ2) is 3.50. The Balaban J connectivity index is 2.36. The molecule has 14 heavy (non-hydrogen) atoms. The van der Waals surface area contributed by atoms with Crippen molar-refractivity contribution in [2.24, 2.45) is 0 Å². The van der Waals surface area contributed by atoms with Crippen LogP contribution in [0.1, 0.15) is 38.4 Å². The molecule has 1 aliphatic rings. The minimum atomic E-state index is 0.148. The molecular weight excluding hydrogens is 242 g/mol. The van der Waals surface area contributed by atoms with Gasteiger partial charge in [-0.25, -0.2) is 9.97 Å². The molecule has 0 spiro atoms. The lowest BCUT2D eigenvalue weighted by Gasteiger charge is -2.21. The third kappa shape index (κ3) is 1.63. The standard InChI is InChI=1S/C10H14BrN3/c1-10(4-2-3-5-10)9-13-6-7(11)8(12)14-9/h6H,2-5H2,1H3,(H2,12,13,14). The molecule has 1 fully saturated rings. The van der Waals surface area contributed by atoms with Gasteiger partial charge in [0.2, 0.25) is 0 Å². The summed E-state index contributed by atoms with van der Waals surface area (Å²) >= 11 is 3.31. The molecule has 0 bridgehead atoms. The lowest BCUT2D eigenvalue weighted by molar-refractivity contribution is 0.459. The number of nitrogens with zero attached hydrogens (tertiary/aromatic N) is 2. The zero-order valence-corrected chi connectivity index (χ0v) is 9.84. The molecule has 0 amide bonds. The molecule has 1 heterocycles. The van der Waals surface area contributed by atoms with E-state index in [0.717, 1.165) is 10.3 Å². The summed E-state index contributed by atoms with van der Waals surface area (Å²) in [7, 11) is 0. The summed E-state index contributed by atoms with van der Waals surface area (Å²) in [5, 5.41) is 0. The normalized spacial score (nSPS) is 19.9. The molecule has 0 atom stereocenters. The van der Waals surface area contributed by atoms with Crippen molar-refractivity contribution in [2.45, 2.75) is 38.0 Å². The van der Waals surface area contributed by atoms with Crippen LogP contribution < -0.4 is 5.73 Å². The van der Waals surface area contributed by atoms with Crippen LogP contribution in [0.5, 0.6) is 0 Å². The smallest absolute Gasteiger partial charge is 0.141 e. The van der Waals surface area contributed by atoms with Crippen molar-refractivity contribution in [2.75, 3.05) is 5.73 Å². The van der Waals surface area contributed by atoms with Crippen LogP contribution in [0, 0.1) is 0 Å². The van der Waals surface area contributed by atoms with Crippen molar-refractivity contribution in [3.05, 3.63) is 16.5 Å². The highest BCUT2D eigenvalue weighted by molar-refractivity contribution is 9.10. The minimum absolute atomic E-state index is 0.148. The van der Waals surface area contributed by atoms with Crippen molar-refractivity contribution in [1.82, 2.24) is 9.97 Å². The summed E-state index contributed by atoms with van der Waals surface area (Å²) in [6.45, 7) is 2.22. The zero-order chi connectivity index (χ0) is 10.2. The number of halogens is 1. The summed E-state index contributed by atoms with van der Waals surface area (Å²) in [5.74, 6) is 1.44. The van der Waals surface area contributed by atoms with Crippen molar-refractivity contribution >= 4 is 21.7 Å². The van der Waals surface area contributed by atoms with Crippen LogP contribution in [0.3, 0.4) is 0 Å². The second-order valence-corrected chi connectivity index (χ2v) is 5.05. The summed E-state index contributed by atoms with van der Waals surface area (Å²) in [6.07, 6.45) is 6.65. The van der Waals surface area contributed by atoms with E-state index < -0.39 is 0 Å². The first-order valence-corrected chi connectivity index (χ1v) is 5.70. The van der Waals surface area contributed by atoms with Gasteiger partial charge in [-0.2, -0.15) is 0 Å². The maximum Gasteiger partial charge on any atom is 0.141 e. The maximum absolute atomic E-state index is 5.75. The lowest BCUT2D eigenvalue weighted by Crippen LogP contribution is -2.21. The Morgan fingerprint density at radius 3 is 2.64 bits per heavy atom. The number of anilines is 1. The number of rotatable bonds is 1. The topological polar surface area (TPSA) is 51.8 Å². The Morgan fingerprint density at radius 2 is 2.07 bits per heavy atom. The molecule has 76 valence electrons. The van der Waals surface area contributed by atoms with E-state index in [1.165, 1.54) is 25.7 Å². The predicted molar refractivity (Wildman–Crippen MR) is 60.0 cm³/mol. The fourth-order valence-corrected chi connectivity index (χ4v) is 2.24. The Bertz CT molecular complexity index is 345. The molecule has 0 saturated heterocycles. The van der Waals surface area contributed by atoms with Gasteiger partial charge in [-0.1, -0.05) is 19.8 Å². The van der Waals surface area contributed by atoms with E-state index in [2.05, 4.69) is 32.8 Å². The van der Waals surface area contributed by atoms with Crippen LogP contribution in [0.15, 0.2) is 10.7 Å². The van der Waals surface area contributed by atoms with E-state index in [9.17, 15) is 0 Å². The minimum Gasteiger partial charge on any atom is -0.383 e. The van der Waals surface area contributed by atoms with E-state index in [1.807, 2.05) is 0 Å². The molecule has 0 unspecified atom stereocenters. The fourth-order valence-electron chi connectivity index (χ4n) is 2.05. The van der Waals surface area contributed by atoms with Crippen LogP contribution in [-0.2, 0) is 5.41 Å². The molecule has 0 aromatic carbocycles. The molecule has 1 aliphatic carbocycles. The summed E-state index contributed by atoms with van der Waals surface area (Å²) < 4.78 is 0.780. The van der Waals surface area contributed by atoms with Crippen molar-refractivity contribution in [3.63, 3.8) is 0 Å². The summed E-state index contributed by atoms with van der Waals surface area (Å²) in [4.78, 5) is 8.70. The number of hydrogen-bond acceptors (Lipinski definition) is 3. The van der Waals surface area contributed by atoms with Crippen LogP contribution in [0.25, 0.3) is 0 Å². The SMILES string of the molecule is CC1(c2ncc(Br)c(N)n2)CCCC1. The molecule has 1 aromatic rings. The first-order valence-electron chi connectivity index (χ1n) is 4.90. The van der Waals surface area contributed by atoms with E-state index in [4.69, 9.17) is 5.73 Å². The van der Waals surface area contributed by atoms with E-state index in [1.54, 1.807) is 6.20 Å². The van der Waals surface area contributed by atoms with Gasteiger partial charge in [-0.3, -0.25) is 0 Å². The van der Waals surface area contributed by atoms with Crippen molar-refractivity contribution < 1.29 is 0 Å². The quantitative estimate of drug-likeness (QED) is 0.840. The van der Waals surface area contributed by atoms with Gasteiger partial charge in [0.1, 0.15) is 11.6 Å². The Labute approximate surface area is 92.3 Å². The van der Waals surface area contributed by atoms with Crippen LogP contribution >= 0.6 is 15.9 Å². The van der Waals surface area contributed by atoms with E-state index >= 15 is 0 Å². The predicted octanol–water partition coefficient (Wildman–Crippen LogP) is 2.65. The van der Waals surface area contributed by atoms with Gasteiger partial charge in [0.05, 0.1) is 4.47 Å². The van der Waals surface area contributed by atoms with Crippen molar-refractivity contribution in [1.29, 1.82) is 0 Å². The molecule has 3 nitrogen and oxygen atoms in total. The summed E-state index contributed by atoms with van der Waals surface area (Å²) in [5.41, 5.74) is 5.90. The van der Waals surface area contributed by atoms with Crippen LogP contribution in [-0.4, -0.2) is 9.97 Å². The molecule has 0 aliphatic heterocycles. The van der Waals surface area contributed by atoms with E-state index in [0.29, 0.717) is 5.82 Å². The molecule has 2 rings (SSSR count). The highest BCUT2D eigenvalue weighted by Gasteiger charge is 2.33. The molecular formula is C10H14BrN3. The average molecular weight is 256 g/mol. The maximum atomic E-state index is 5.75. The molecule has 4 heteroatoms. The molecule has 1 aromatic heterocycles. The third-order valence-electron chi connectivity index (χ3n) is 3.02. The van der Waals surface area contributed by atoms with E-state index in [-0.39, 0.29) is 5.41 Å². The highest BCUT2D eigenvalue weighted by atomic mass is 79.9. The van der Waals surface area contributed by atoms with Gasteiger partial charge >= 0.3 is 0 Å². The van der Waals surface area contributed by atoms with Gasteiger partial charge in [0.15, 0.2) is 0 Å². The monoisotopic (exact) mass is 255 g/mol. The Hall–Kier alpha value is -0.640. The van der Waals surface area contributed by atoms with Gasteiger partial charge in [0, 0.05) is 11.6 Å². The van der Waals surface area contributed by atoms with Gasteiger partial charge < -0.3 is 5.73 Å². The lowest BCUT2D eigenvalue weighted by atomic mass is 9.88. The number of nitrogen functional groups attached to an aromatic ring is 1. The Morgan fingerprint density at radius 1 is 1.43 bits per heavy atom. The first kappa shape index (κ1) is 9.90. The highest BCUT2D eigenvalue weighted by Crippen LogP contribution is 2.39. The second-order valence-electron chi connectivity index (χ2n) is 4.19. The fraction of sp³-hybridized carbons (Fsp3) is 0.600. The number of aromatic nitrogens is 2. The first-order chi connectivity index (χ1) is 6.62. The molecule has 0 radical (unpaired) electrons.